The van der Waals surface area contributed by atoms with Gasteiger partial charge in [0.2, 0.25) is 0 Å². The third-order valence-electron chi connectivity index (χ3n) is 7.84. The van der Waals surface area contributed by atoms with Crippen molar-refractivity contribution in [2.45, 2.75) is 0 Å². The molecule has 0 amide bonds. The van der Waals surface area contributed by atoms with Crippen LogP contribution in [-0.4, -0.2) is 45.1 Å². The van der Waals surface area contributed by atoms with E-state index in [1.54, 1.807) is 35.1 Å². The first-order valence-corrected chi connectivity index (χ1v) is 16.1. The van der Waals surface area contributed by atoms with Gasteiger partial charge in [-0.1, -0.05) is 12.1 Å². The number of hydrogen-bond acceptors (Lipinski definition) is 9. The first kappa shape index (κ1) is 26.4. The van der Waals surface area contributed by atoms with Crippen LogP contribution in [0.3, 0.4) is 0 Å². The summed E-state index contributed by atoms with van der Waals surface area (Å²) >= 11 is 3.26. The van der Waals surface area contributed by atoms with Crippen LogP contribution in [-0.2, 0) is 0 Å². The molecule has 0 aliphatic heterocycles. The summed E-state index contributed by atoms with van der Waals surface area (Å²) in [5.41, 5.74) is 8.54. The van der Waals surface area contributed by atoms with Gasteiger partial charge < -0.3 is 9.40 Å². The summed E-state index contributed by atoms with van der Waals surface area (Å²) in [6.45, 7) is 0. The van der Waals surface area contributed by atoms with Crippen molar-refractivity contribution < 1.29 is 4.42 Å². The zero-order chi connectivity index (χ0) is 30.5. The molecule has 220 valence electrons. The average molecular weight is 636 g/mol. The molecule has 1 aromatic carbocycles. The molecule has 0 saturated heterocycles. The monoisotopic (exact) mass is 635 g/mol. The van der Waals surface area contributed by atoms with Crippen molar-refractivity contribution in [2.75, 3.05) is 0 Å². The Hall–Kier alpha value is -5.98. The summed E-state index contributed by atoms with van der Waals surface area (Å²) in [5.74, 6) is 1.51. The molecule has 12 heteroatoms. The number of furan rings is 1. The van der Waals surface area contributed by atoms with Gasteiger partial charge >= 0.3 is 0 Å². The molecular formula is C34H21N9OS2. The predicted octanol–water partition coefficient (Wildman–Crippen LogP) is 8.37. The normalized spacial score (nSPS) is 11.5. The minimum atomic E-state index is 0.627. The summed E-state index contributed by atoms with van der Waals surface area (Å²) in [6.07, 6.45) is 10.8. The largest absolute Gasteiger partial charge is 0.464 e. The Morgan fingerprint density at radius 1 is 0.696 bits per heavy atom. The van der Waals surface area contributed by atoms with Crippen LogP contribution in [0.5, 0.6) is 0 Å². The summed E-state index contributed by atoms with van der Waals surface area (Å²) in [7, 11) is 0. The minimum Gasteiger partial charge on any atom is -0.464 e. The van der Waals surface area contributed by atoms with Gasteiger partial charge in [0.1, 0.15) is 22.3 Å². The van der Waals surface area contributed by atoms with E-state index in [0.717, 1.165) is 71.5 Å². The molecule has 0 saturated carbocycles. The van der Waals surface area contributed by atoms with Gasteiger partial charge in [0.15, 0.2) is 0 Å². The first-order valence-electron chi connectivity index (χ1n) is 14.3. The number of thiophene rings is 1. The van der Waals surface area contributed by atoms with E-state index < -0.39 is 0 Å². The molecule has 9 rings (SSSR count). The van der Waals surface area contributed by atoms with Crippen molar-refractivity contribution in [1.82, 2.24) is 45.1 Å². The second-order valence-electron chi connectivity index (χ2n) is 10.3. The van der Waals surface area contributed by atoms with E-state index in [2.05, 4.69) is 47.6 Å². The van der Waals surface area contributed by atoms with Gasteiger partial charge in [-0.25, -0.2) is 4.98 Å². The van der Waals surface area contributed by atoms with Gasteiger partial charge in [0.25, 0.3) is 0 Å². The van der Waals surface area contributed by atoms with Crippen molar-refractivity contribution in [3.05, 3.63) is 115 Å². The summed E-state index contributed by atoms with van der Waals surface area (Å²) in [5, 5.41) is 26.3. The molecule has 9 aromatic rings. The van der Waals surface area contributed by atoms with Crippen LogP contribution in [0.4, 0.5) is 0 Å². The molecule has 0 spiro atoms. The van der Waals surface area contributed by atoms with Crippen molar-refractivity contribution >= 4 is 33.6 Å². The quantitative estimate of drug-likeness (QED) is 0.180. The number of rotatable bonds is 7. The van der Waals surface area contributed by atoms with Gasteiger partial charge in [0.05, 0.1) is 40.6 Å². The Balaban J connectivity index is 1.65. The number of hydrogen-bond donors (Lipinski definition) is 2. The Bertz CT molecular complexity index is 2380. The number of nitrogens with zero attached hydrogens (tertiary/aromatic N) is 7. The summed E-state index contributed by atoms with van der Waals surface area (Å²) < 4.78 is 8.42. The maximum atomic E-state index is 6.23. The highest BCUT2D eigenvalue weighted by molar-refractivity contribution is 7.14. The number of aromatic nitrogens is 9. The van der Waals surface area contributed by atoms with E-state index in [1.165, 1.54) is 0 Å². The smallest absolute Gasteiger partial charge is 0.136 e. The van der Waals surface area contributed by atoms with E-state index in [4.69, 9.17) is 19.5 Å². The fraction of sp³-hybridized carbons (Fsp3) is 0. The van der Waals surface area contributed by atoms with Crippen LogP contribution in [0.15, 0.2) is 119 Å². The zero-order valence-corrected chi connectivity index (χ0v) is 25.5. The van der Waals surface area contributed by atoms with Gasteiger partial charge in [-0.05, 0) is 65.2 Å². The van der Waals surface area contributed by atoms with Crippen molar-refractivity contribution in [1.29, 1.82) is 0 Å². The SMILES string of the molecule is c1ccc(-c2c(-c3cccs3)c(-c3nccs3)c3c(-c4ccco4)c(-c4ccnnn4)n(-c4ccc[nH]4)c3c2-c2cc[nH]n2)nc1. The Kier molecular flexibility index (Phi) is 6.25. The molecule has 0 fully saturated rings. The highest BCUT2D eigenvalue weighted by Crippen LogP contribution is 2.56. The number of nitrogens with one attached hydrogen (secondary N) is 2. The standard InChI is InChI=1S/C34H21N9OS2/c1-2-12-35-20(6-1)26-27(21-10-14-38-40-21)33-30(31(34-37-16-19-46-34)29(26)24-8-5-18-45-24)28(23-7-4-17-44-23)32(22-11-15-39-42-41-22)43(33)25-9-3-13-36-25/h1-19,36H,(H,38,40). The zero-order valence-electron chi connectivity index (χ0n) is 23.8. The maximum Gasteiger partial charge on any atom is 0.136 e. The summed E-state index contributed by atoms with van der Waals surface area (Å²) in [4.78, 5) is 14.4. The molecule has 0 radical (unpaired) electrons. The van der Waals surface area contributed by atoms with Gasteiger partial charge in [-0.15, -0.1) is 32.9 Å². The fourth-order valence-electron chi connectivity index (χ4n) is 6.16. The van der Waals surface area contributed by atoms with Crippen LogP contribution in [0.1, 0.15) is 0 Å². The minimum absolute atomic E-state index is 0.627. The molecule has 10 nitrogen and oxygen atoms in total. The van der Waals surface area contributed by atoms with Gasteiger partial charge in [-0.3, -0.25) is 14.6 Å². The Morgan fingerprint density at radius 3 is 2.39 bits per heavy atom. The van der Waals surface area contributed by atoms with Crippen molar-refractivity contribution in [3.63, 3.8) is 0 Å². The van der Waals surface area contributed by atoms with Crippen LogP contribution < -0.4 is 0 Å². The molecular weight excluding hydrogens is 615 g/mol. The second-order valence-corrected chi connectivity index (χ2v) is 12.2. The third-order valence-corrected chi connectivity index (χ3v) is 9.51. The first-order chi connectivity index (χ1) is 22.9. The average Bonchev–Trinajstić information content (AvgIpc) is 3.96. The van der Waals surface area contributed by atoms with E-state index in [-0.39, 0.29) is 0 Å². The lowest BCUT2D eigenvalue weighted by atomic mass is 9.86. The molecule has 0 bridgehead atoms. The lowest BCUT2D eigenvalue weighted by Crippen LogP contribution is -2.03. The maximum absolute atomic E-state index is 6.23. The topological polar surface area (TPSA) is 127 Å². The van der Waals surface area contributed by atoms with E-state index >= 15 is 0 Å². The summed E-state index contributed by atoms with van der Waals surface area (Å²) in [6, 6.07) is 22.0. The number of benzene rings is 1. The van der Waals surface area contributed by atoms with Crippen LogP contribution in [0.25, 0.3) is 83.0 Å². The van der Waals surface area contributed by atoms with Crippen molar-refractivity contribution in [3.8, 4) is 72.1 Å². The molecule has 0 aliphatic carbocycles. The lowest BCUT2D eigenvalue weighted by molar-refractivity contribution is 0.583. The number of aromatic amines is 2. The fourth-order valence-corrected chi connectivity index (χ4v) is 7.64. The van der Waals surface area contributed by atoms with Crippen LogP contribution in [0.2, 0.25) is 0 Å². The number of H-pyrrole nitrogens is 2. The third kappa shape index (κ3) is 4.08. The second kappa shape index (κ2) is 10.9. The molecule has 46 heavy (non-hydrogen) atoms. The Labute approximate surface area is 269 Å². The number of thiazole rings is 1. The van der Waals surface area contributed by atoms with Gasteiger partial charge in [-0.2, -0.15) is 5.10 Å². The molecule has 0 unspecified atom stereocenters. The highest BCUT2D eigenvalue weighted by atomic mass is 32.1. The Morgan fingerprint density at radius 2 is 1.70 bits per heavy atom. The predicted molar refractivity (Wildman–Crippen MR) is 179 cm³/mol. The highest BCUT2D eigenvalue weighted by Gasteiger charge is 2.35. The molecule has 8 aromatic heterocycles. The lowest BCUT2D eigenvalue weighted by Gasteiger charge is -2.20. The van der Waals surface area contributed by atoms with Gasteiger partial charge in [0, 0.05) is 62.7 Å². The molecule has 0 aliphatic rings. The van der Waals surface area contributed by atoms with Crippen LogP contribution in [0, 0.1) is 0 Å². The van der Waals surface area contributed by atoms with E-state index in [1.807, 2.05) is 84.8 Å². The molecule has 0 atom stereocenters. The van der Waals surface area contributed by atoms with Crippen molar-refractivity contribution in [2.24, 2.45) is 0 Å². The molecule has 8 heterocycles. The number of pyridine rings is 1. The van der Waals surface area contributed by atoms with E-state index in [9.17, 15) is 0 Å². The van der Waals surface area contributed by atoms with Crippen LogP contribution >= 0.6 is 22.7 Å². The number of fused-ring (bicyclic) bond motifs is 1. The van der Waals surface area contributed by atoms with E-state index in [0.29, 0.717) is 11.5 Å². The molecule has 2 N–H and O–H groups in total.